The van der Waals surface area contributed by atoms with Crippen molar-refractivity contribution in [2.75, 3.05) is 18.0 Å². The maximum absolute atomic E-state index is 6.03. The quantitative estimate of drug-likeness (QED) is 0.850. The molecule has 0 amide bonds. The fourth-order valence-electron chi connectivity index (χ4n) is 2.98. The molecule has 2 aromatic rings. The smallest absolute Gasteiger partial charge is 0.140 e. The van der Waals surface area contributed by atoms with Crippen LogP contribution in [0.25, 0.3) is 10.9 Å². The van der Waals surface area contributed by atoms with E-state index in [1.807, 2.05) is 18.7 Å². The van der Waals surface area contributed by atoms with Crippen LogP contribution in [0.4, 0.5) is 5.82 Å². The van der Waals surface area contributed by atoms with Crippen molar-refractivity contribution >= 4 is 28.5 Å². The fourth-order valence-corrected chi connectivity index (χ4v) is 3.99. The number of aryl methyl sites for hydroxylation is 1. The van der Waals surface area contributed by atoms with E-state index in [9.17, 15) is 0 Å². The van der Waals surface area contributed by atoms with Crippen molar-refractivity contribution < 1.29 is 0 Å². The largest absolute Gasteiger partial charge is 0.356 e. The number of aromatic nitrogens is 2. The predicted octanol–water partition coefficient (Wildman–Crippen LogP) is 3.76. The lowest BCUT2D eigenvalue weighted by atomic mass is 10.1. The SMILES string of the molecule is Cc1nc(N2CCC(N)CC2)c2ccc(SC(C)(C)C)cc2n1. The fraction of sp³-hybridized carbons (Fsp3) is 0.556. The van der Waals surface area contributed by atoms with Gasteiger partial charge in [0.25, 0.3) is 0 Å². The summed E-state index contributed by atoms with van der Waals surface area (Å²) in [7, 11) is 0. The number of anilines is 1. The summed E-state index contributed by atoms with van der Waals surface area (Å²) < 4.78 is 0.196. The summed E-state index contributed by atoms with van der Waals surface area (Å²) in [6.45, 7) is 10.6. The Balaban J connectivity index is 1.99. The van der Waals surface area contributed by atoms with E-state index in [1.165, 1.54) is 4.90 Å². The normalized spacial score (nSPS) is 17.0. The number of rotatable bonds is 2. The highest BCUT2D eigenvalue weighted by Gasteiger charge is 2.20. The van der Waals surface area contributed by atoms with E-state index in [2.05, 4.69) is 48.9 Å². The summed E-state index contributed by atoms with van der Waals surface area (Å²) in [5.74, 6) is 1.90. The Kier molecular flexibility index (Phi) is 4.52. The molecule has 1 aromatic heterocycles. The second-order valence-corrected chi connectivity index (χ2v) is 9.21. The Morgan fingerprint density at radius 3 is 2.52 bits per heavy atom. The number of benzene rings is 1. The molecule has 124 valence electrons. The molecule has 0 spiro atoms. The standard InChI is InChI=1S/C18H26N4S/c1-12-20-16-11-14(23-18(2,3)4)5-6-15(16)17(21-12)22-9-7-13(19)8-10-22/h5-6,11,13H,7-10,19H2,1-4H3. The number of nitrogens with two attached hydrogens (primary N) is 1. The Morgan fingerprint density at radius 1 is 1.17 bits per heavy atom. The molecule has 2 heterocycles. The van der Waals surface area contributed by atoms with Crippen LogP contribution in [0.15, 0.2) is 23.1 Å². The van der Waals surface area contributed by atoms with Gasteiger partial charge in [-0.15, -0.1) is 11.8 Å². The molecule has 0 atom stereocenters. The number of piperidine rings is 1. The second-order valence-electron chi connectivity index (χ2n) is 7.31. The summed E-state index contributed by atoms with van der Waals surface area (Å²) in [6.07, 6.45) is 2.06. The average Bonchev–Trinajstić information content (AvgIpc) is 2.45. The van der Waals surface area contributed by atoms with Gasteiger partial charge in [0.2, 0.25) is 0 Å². The number of thioether (sulfide) groups is 1. The summed E-state index contributed by atoms with van der Waals surface area (Å²) in [5.41, 5.74) is 7.07. The molecule has 4 nitrogen and oxygen atoms in total. The summed E-state index contributed by atoms with van der Waals surface area (Å²) in [4.78, 5) is 13.0. The van der Waals surface area contributed by atoms with Gasteiger partial charge in [-0.1, -0.05) is 20.8 Å². The average molecular weight is 331 g/mol. The van der Waals surface area contributed by atoms with Gasteiger partial charge in [0.05, 0.1) is 5.52 Å². The van der Waals surface area contributed by atoms with Gasteiger partial charge in [-0.2, -0.15) is 0 Å². The molecule has 0 unspecified atom stereocenters. The van der Waals surface area contributed by atoms with Crippen LogP contribution in [0.1, 0.15) is 39.4 Å². The maximum atomic E-state index is 6.03. The van der Waals surface area contributed by atoms with E-state index >= 15 is 0 Å². The van der Waals surface area contributed by atoms with E-state index in [1.54, 1.807) is 0 Å². The van der Waals surface area contributed by atoms with Gasteiger partial charge in [0, 0.05) is 34.2 Å². The van der Waals surface area contributed by atoms with E-state index in [-0.39, 0.29) is 4.75 Å². The molecule has 5 heteroatoms. The third kappa shape index (κ3) is 3.96. The molecule has 0 bridgehead atoms. The zero-order valence-electron chi connectivity index (χ0n) is 14.5. The summed E-state index contributed by atoms with van der Waals surface area (Å²) >= 11 is 1.87. The molecule has 23 heavy (non-hydrogen) atoms. The minimum atomic E-state index is 0.196. The minimum absolute atomic E-state index is 0.196. The van der Waals surface area contributed by atoms with Crippen LogP contribution in [-0.4, -0.2) is 33.8 Å². The molecular weight excluding hydrogens is 304 g/mol. The number of nitrogens with zero attached hydrogens (tertiary/aromatic N) is 3. The van der Waals surface area contributed by atoms with Gasteiger partial charge in [-0.05, 0) is 38.0 Å². The van der Waals surface area contributed by atoms with Gasteiger partial charge in [-0.3, -0.25) is 0 Å². The van der Waals surface area contributed by atoms with Crippen LogP contribution in [0.3, 0.4) is 0 Å². The molecule has 0 saturated carbocycles. The van der Waals surface area contributed by atoms with Crippen molar-refractivity contribution in [3.63, 3.8) is 0 Å². The van der Waals surface area contributed by atoms with E-state index in [0.717, 1.165) is 48.5 Å². The first-order chi connectivity index (χ1) is 10.8. The van der Waals surface area contributed by atoms with Crippen LogP contribution < -0.4 is 10.6 Å². The van der Waals surface area contributed by atoms with Crippen molar-refractivity contribution in [3.8, 4) is 0 Å². The van der Waals surface area contributed by atoms with Crippen molar-refractivity contribution in [2.24, 2.45) is 5.73 Å². The molecule has 1 aliphatic heterocycles. The number of fused-ring (bicyclic) bond motifs is 1. The van der Waals surface area contributed by atoms with Gasteiger partial charge in [0.1, 0.15) is 11.6 Å². The molecule has 1 fully saturated rings. The summed E-state index contributed by atoms with van der Waals surface area (Å²) in [6, 6.07) is 6.89. The molecule has 3 rings (SSSR count). The van der Waals surface area contributed by atoms with E-state index < -0.39 is 0 Å². The lowest BCUT2D eigenvalue weighted by Crippen LogP contribution is -2.40. The van der Waals surface area contributed by atoms with Gasteiger partial charge in [-0.25, -0.2) is 9.97 Å². The number of hydrogen-bond acceptors (Lipinski definition) is 5. The Hall–Kier alpha value is -1.33. The van der Waals surface area contributed by atoms with Crippen molar-refractivity contribution in [1.82, 2.24) is 9.97 Å². The first-order valence-corrected chi connectivity index (χ1v) is 9.11. The highest BCUT2D eigenvalue weighted by molar-refractivity contribution is 8.00. The van der Waals surface area contributed by atoms with Crippen LogP contribution in [0, 0.1) is 6.92 Å². The molecule has 0 radical (unpaired) electrons. The lowest BCUT2D eigenvalue weighted by Gasteiger charge is -2.32. The van der Waals surface area contributed by atoms with E-state index in [0.29, 0.717) is 6.04 Å². The monoisotopic (exact) mass is 330 g/mol. The van der Waals surface area contributed by atoms with Gasteiger partial charge < -0.3 is 10.6 Å². The number of hydrogen-bond donors (Lipinski definition) is 1. The highest BCUT2D eigenvalue weighted by Crippen LogP contribution is 2.35. The molecule has 1 aromatic carbocycles. The van der Waals surface area contributed by atoms with Crippen LogP contribution in [0.2, 0.25) is 0 Å². The zero-order chi connectivity index (χ0) is 16.6. The van der Waals surface area contributed by atoms with Crippen LogP contribution >= 0.6 is 11.8 Å². The van der Waals surface area contributed by atoms with Gasteiger partial charge >= 0.3 is 0 Å². The first kappa shape index (κ1) is 16.5. The van der Waals surface area contributed by atoms with Crippen molar-refractivity contribution in [1.29, 1.82) is 0 Å². The Bertz CT molecular complexity index is 700. The first-order valence-electron chi connectivity index (χ1n) is 8.30. The third-order valence-electron chi connectivity index (χ3n) is 4.02. The topological polar surface area (TPSA) is 55.0 Å². The third-order valence-corrected chi connectivity index (χ3v) is 5.13. The molecular formula is C18H26N4S. The molecule has 2 N–H and O–H groups in total. The second kappa shape index (κ2) is 6.29. The van der Waals surface area contributed by atoms with Crippen molar-refractivity contribution in [2.45, 2.75) is 56.2 Å². The predicted molar refractivity (Wildman–Crippen MR) is 99.3 cm³/mol. The highest BCUT2D eigenvalue weighted by atomic mass is 32.2. The maximum Gasteiger partial charge on any atom is 0.140 e. The lowest BCUT2D eigenvalue weighted by molar-refractivity contribution is 0.499. The zero-order valence-corrected chi connectivity index (χ0v) is 15.3. The molecule has 1 aliphatic rings. The Labute approximate surface area is 142 Å². The van der Waals surface area contributed by atoms with Gasteiger partial charge in [0.15, 0.2) is 0 Å². The molecule has 0 aliphatic carbocycles. The Morgan fingerprint density at radius 2 is 1.87 bits per heavy atom. The van der Waals surface area contributed by atoms with Crippen molar-refractivity contribution in [3.05, 3.63) is 24.0 Å². The summed E-state index contributed by atoms with van der Waals surface area (Å²) in [5, 5.41) is 1.14. The minimum Gasteiger partial charge on any atom is -0.356 e. The van der Waals surface area contributed by atoms with Crippen LogP contribution in [-0.2, 0) is 0 Å². The van der Waals surface area contributed by atoms with Crippen LogP contribution in [0.5, 0.6) is 0 Å². The molecule has 1 saturated heterocycles. The van der Waals surface area contributed by atoms with E-state index in [4.69, 9.17) is 10.7 Å².